The fourth-order valence-corrected chi connectivity index (χ4v) is 2.70. The molecule has 1 saturated carbocycles. The molecule has 2 heterocycles. The van der Waals surface area contributed by atoms with Crippen molar-refractivity contribution in [2.24, 2.45) is 0 Å². The number of rotatable bonds is 7. The molecule has 106 valence electrons. The summed E-state index contributed by atoms with van der Waals surface area (Å²) in [4.78, 5) is 17.2. The fraction of sp³-hybridized carbons (Fsp3) is 0.462. The van der Waals surface area contributed by atoms with Gasteiger partial charge in [0.2, 0.25) is 0 Å². The lowest BCUT2D eigenvalue weighted by Gasteiger charge is -2.18. The average Bonchev–Trinajstić information content (AvgIpc) is 2.93. The highest BCUT2D eigenvalue weighted by molar-refractivity contribution is 7.08. The van der Waals surface area contributed by atoms with E-state index in [9.17, 15) is 4.79 Å². The zero-order chi connectivity index (χ0) is 13.9. The molecule has 0 aliphatic heterocycles. The first-order chi connectivity index (χ1) is 9.72. The van der Waals surface area contributed by atoms with Gasteiger partial charge in [0, 0.05) is 18.0 Å². The van der Waals surface area contributed by atoms with Crippen LogP contribution in [0.15, 0.2) is 21.3 Å². The van der Waals surface area contributed by atoms with E-state index in [1.165, 1.54) is 0 Å². The zero-order valence-corrected chi connectivity index (χ0v) is 11.7. The van der Waals surface area contributed by atoms with Gasteiger partial charge in [-0.05, 0) is 24.3 Å². The Morgan fingerprint density at radius 2 is 2.40 bits per heavy atom. The first kappa shape index (κ1) is 13.3. The van der Waals surface area contributed by atoms with Gasteiger partial charge in [0.1, 0.15) is 0 Å². The van der Waals surface area contributed by atoms with Crippen molar-refractivity contribution >= 4 is 17.3 Å². The van der Waals surface area contributed by atoms with E-state index in [0.29, 0.717) is 30.8 Å². The maximum atomic E-state index is 10.7. The Hall–Kier alpha value is -1.73. The Balaban J connectivity index is 1.64. The Kier molecular flexibility index (Phi) is 3.79. The molecule has 0 aromatic carbocycles. The van der Waals surface area contributed by atoms with E-state index in [0.717, 1.165) is 18.4 Å². The largest absolute Gasteiger partial charge is 0.481 e. The van der Waals surface area contributed by atoms with Gasteiger partial charge in [-0.2, -0.15) is 16.3 Å². The third-order valence-electron chi connectivity index (χ3n) is 3.26. The summed E-state index contributed by atoms with van der Waals surface area (Å²) >= 11 is 1.58. The molecule has 1 aliphatic rings. The summed E-state index contributed by atoms with van der Waals surface area (Å²) in [5.74, 6) is 0.362. The van der Waals surface area contributed by atoms with Crippen molar-refractivity contribution in [1.29, 1.82) is 0 Å². The third-order valence-corrected chi connectivity index (χ3v) is 3.94. The number of hydrogen-bond acceptors (Lipinski definition) is 6. The van der Waals surface area contributed by atoms with Gasteiger partial charge in [0.05, 0.1) is 18.5 Å². The molecule has 1 fully saturated rings. The molecule has 1 N–H and O–H groups in total. The normalized spacial score (nSPS) is 14.8. The molecule has 6 nitrogen and oxygen atoms in total. The average molecular weight is 293 g/mol. The third kappa shape index (κ3) is 3.23. The van der Waals surface area contributed by atoms with Crippen LogP contribution in [0.25, 0.3) is 11.5 Å². The summed E-state index contributed by atoms with van der Waals surface area (Å²) in [6.45, 7) is 1.08. The van der Waals surface area contributed by atoms with Crippen LogP contribution in [0.4, 0.5) is 0 Å². The standard InChI is InChI=1S/C13H15N3O3S/c17-12(18)3-5-16(10-1-2-10)7-11-14-13(19-15-11)9-4-6-20-8-9/h4,6,8,10H,1-3,5,7H2,(H,17,18). The van der Waals surface area contributed by atoms with Crippen LogP contribution in [0.1, 0.15) is 25.1 Å². The highest BCUT2D eigenvalue weighted by Gasteiger charge is 2.30. The van der Waals surface area contributed by atoms with Crippen molar-refractivity contribution in [3.05, 3.63) is 22.7 Å². The zero-order valence-electron chi connectivity index (χ0n) is 10.9. The molecule has 20 heavy (non-hydrogen) atoms. The molecular formula is C13H15N3O3S. The number of thiophene rings is 1. The van der Waals surface area contributed by atoms with E-state index in [1.807, 2.05) is 16.8 Å². The Morgan fingerprint density at radius 3 is 3.05 bits per heavy atom. The highest BCUT2D eigenvalue weighted by Crippen LogP contribution is 2.28. The van der Waals surface area contributed by atoms with Crippen LogP contribution < -0.4 is 0 Å². The number of aliphatic carboxylic acids is 1. The fourth-order valence-electron chi connectivity index (χ4n) is 2.07. The molecule has 0 bridgehead atoms. The minimum atomic E-state index is -0.775. The molecule has 0 radical (unpaired) electrons. The minimum Gasteiger partial charge on any atom is -0.481 e. The van der Waals surface area contributed by atoms with Crippen molar-refractivity contribution in [2.45, 2.75) is 31.8 Å². The molecule has 0 spiro atoms. The lowest BCUT2D eigenvalue weighted by molar-refractivity contribution is -0.137. The van der Waals surface area contributed by atoms with Gasteiger partial charge < -0.3 is 9.63 Å². The van der Waals surface area contributed by atoms with E-state index in [4.69, 9.17) is 9.63 Å². The van der Waals surface area contributed by atoms with Crippen LogP contribution in [-0.4, -0.2) is 38.7 Å². The SMILES string of the molecule is O=C(O)CCN(Cc1noc(-c2ccsc2)n1)C1CC1. The molecule has 0 unspecified atom stereocenters. The first-order valence-electron chi connectivity index (χ1n) is 6.53. The quantitative estimate of drug-likeness (QED) is 0.843. The predicted molar refractivity (Wildman–Crippen MR) is 73.3 cm³/mol. The number of aromatic nitrogens is 2. The predicted octanol–water partition coefficient (Wildman–Crippen LogP) is 2.24. The van der Waals surface area contributed by atoms with Crippen LogP contribution in [0.2, 0.25) is 0 Å². The van der Waals surface area contributed by atoms with Gasteiger partial charge in [0.15, 0.2) is 5.82 Å². The van der Waals surface area contributed by atoms with Crippen molar-refractivity contribution in [2.75, 3.05) is 6.54 Å². The van der Waals surface area contributed by atoms with Gasteiger partial charge >= 0.3 is 5.97 Å². The van der Waals surface area contributed by atoms with Gasteiger partial charge in [-0.3, -0.25) is 9.69 Å². The lowest BCUT2D eigenvalue weighted by Crippen LogP contribution is -2.28. The molecule has 0 amide bonds. The van der Waals surface area contributed by atoms with Crippen molar-refractivity contribution in [1.82, 2.24) is 15.0 Å². The van der Waals surface area contributed by atoms with Crippen molar-refractivity contribution in [3.63, 3.8) is 0 Å². The lowest BCUT2D eigenvalue weighted by atomic mass is 10.3. The van der Waals surface area contributed by atoms with Gasteiger partial charge in [-0.1, -0.05) is 5.16 Å². The number of carboxylic acid groups (broad SMARTS) is 1. The van der Waals surface area contributed by atoms with Crippen LogP contribution >= 0.6 is 11.3 Å². The first-order valence-corrected chi connectivity index (χ1v) is 7.47. The molecule has 0 atom stereocenters. The molecule has 7 heteroatoms. The number of carbonyl (C=O) groups is 1. The topological polar surface area (TPSA) is 79.5 Å². The van der Waals surface area contributed by atoms with Crippen LogP contribution in [0, 0.1) is 0 Å². The molecular weight excluding hydrogens is 278 g/mol. The van der Waals surface area contributed by atoms with E-state index in [2.05, 4.69) is 15.0 Å². The maximum absolute atomic E-state index is 10.7. The molecule has 2 aromatic heterocycles. The van der Waals surface area contributed by atoms with E-state index in [-0.39, 0.29) is 6.42 Å². The Morgan fingerprint density at radius 1 is 1.55 bits per heavy atom. The summed E-state index contributed by atoms with van der Waals surface area (Å²) in [6.07, 6.45) is 2.38. The maximum Gasteiger partial charge on any atom is 0.304 e. The summed E-state index contributed by atoms with van der Waals surface area (Å²) in [6, 6.07) is 2.41. The van der Waals surface area contributed by atoms with Gasteiger partial charge in [0.25, 0.3) is 5.89 Å². The summed E-state index contributed by atoms with van der Waals surface area (Å²) in [5, 5.41) is 16.7. The minimum absolute atomic E-state index is 0.145. The number of nitrogens with zero attached hydrogens (tertiary/aromatic N) is 3. The second kappa shape index (κ2) is 5.72. The summed E-state index contributed by atoms with van der Waals surface area (Å²) in [5.41, 5.74) is 0.928. The summed E-state index contributed by atoms with van der Waals surface area (Å²) in [7, 11) is 0. The van der Waals surface area contributed by atoms with Gasteiger partial charge in [-0.15, -0.1) is 0 Å². The molecule has 1 aliphatic carbocycles. The second-order valence-electron chi connectivity index (χ2n) is 4.87. The molecule has 0 saturated heterocycles. The molecule has 3 rings (SSSR count). The monoisotopic (exact) mass is 293 g/mol. The Labute approximate surface area is 120 Å². The smallest absolute Gasteiger partial charge is 0.304 e. The van der Waals surface area contributed by atoms with E-state index in [1.54, 1.807) is 11.3 Å². The number of hydrogen-bond donors (Lipinski definition) is 1. The van der Waals surface area contributed by atoms with Crippen LogP contribution in [0.5, 0.6) is 0 Å². The Bertz CT molecular complexity index is 577. The van der Waals surface area contributed by atoms with Gasteiger partial charge in [-0.25, -0.2) is 0 Å². The van der Waals surface area contributed by atoms with E-state index < -0.39 is 5.97 Å². The summed E-state index contributed by atoms with van der Waals surface area (Å²) < 4.78 is 5.24. The highest BCUT2D eigenvalue weighted by atomic mass is 32.1. The second-order valence-corrected chi connectivity index (χ2v) is 5.65. The number of carboxylic acids is 1. The van der Waals surface area contributed by atoms with Crippen molar-refractivity contribution < 1.29 is 14.4 Å². The van der Waals surface area contributed by atoms with E-state index >= 15 is 0 Å². The van der Waals surface area contributed by atoms with Crippen LogP contribution in [-0.2, 0) is 11.3 Å². The van der Waals surface area contributed by atoms with Crippen molar-refractivity contribution in [3.8, 4) is 11.5 Å². The van der Waals surface area contributed by atoms with Crippen LogP contribution in [0.3, 0.4) is 0 Å². The molecule has 2 aromatic rings.